The summed E-state index contributed by atoms with van der Waals surface area (Å²) < 4.78 is 0. The number of nitrogens with one attached hydrogen (secondary N) is 1. The minimum atomic E-state index is 0.198. The second-order valence-electron chi connectivity index (χ2n) is 4.48. The van der Waals surface area contributed by atoms with Gasteiger partial charge < -0.3 is 16.0 Å². The van der Waals surface area contributed by atoms with Gasteiger partial charge in [-0.1, -0.05) is 29.8 Å². The molecule has 1 aromatic heterocycles. The van der Waals surface area contributed by atoms with Crippen molar-refractivity contribution in [2.75, 3.05) is 36.6 Å². The highest BCUT2D eigenvalue weighted by atomic mass is 35.5. The molecule has 6 nitrogen and oxygen atoms in total. The van der Waals surface area contributed by atoms with E-state index in [1.807, 2.05) is 38.4 Å². The fraction of sp³-hybridized carbons (Fsp3) is 0.308. The average molecular weight is 293 g/mol. The Balaban J connectivity index is 1.99. The Morgan fingerprint density at radius 2 is 1.95 bits per heavy atom. The predicted octanol–water partition coefficient (Wildman–Crippen LogP) is 1.83. The third-order valence-electron chi connectivity index (χ3n) is 2.68. The third-order valence-corrected chi connectivity index (χ3v) is 3.04. The van der Waals surface area contributed by atoms with Gasteiger partial charge in [-0.2, -0.15) is 15.0 Å². The molecule has 0 radical (unpaired) electrons. The minimum Gasteiger partial charge on any atom is -0.368 e. The topological polar surface area (TPSA) is 80.0 Å². The number of nitrogen functional groups attached to an aromatic ring is 1. The van der Waals surface area contributed by atoms with E-state index < -0.39 is 0 Å². The Morgan fingerprint density at radius 3 is 2.65 bits per heavy atom. The van der Waals surface area contributed by atoms with E-state index in [9.17, 15) is 0 Å². The maximum Gasteiger partial charge on any atom is 0.231 e. The van der Waals surface area contributed by atoms with Crippen LogP contribution in [0.1, 0.15) is 5.56 Å². The first-order valence-corrected chi connectivity index (χ1v) is 6.60. The SMILES string of the molecule is CN(C)c1nc(N)nc(NCCc2ccccc2Cl)n1. The van der Waals surface area contributed by atoms with Crippen molar-refractivity contribution in [2.24, 2.45) is 0 Å². The van der Waals surface area contributed by atoms with Crippen LogP contribution in [0.3, 0.4) is 0 Å². The molecule has 2 aromatic rings. The molecule has 0 atom stereocenters. The smallest absolute Gasteiger partial charge is 0.231 e. The first-order valence-electron chi connectivity index (χ1n) is 6.22. The molecule has 2 rings (SSSR count). The highest BCUT2D eigenvalue weighted by molar-refractivity contribution is 6.31. The summed E-state index contributed by atoms with van der Waals surface area (Å²) in [5, 5.41) is 3.89. The molecule has 0 spiro atoms. The van der Waals surface area contributed by atoms with Crippen molar-refractivity contribution in [3.05, 3.63) is 34.9 Å². The van der Waals surface area contributed by atoms with Gasteiger partial charge in [0.25, 0.3) is 0 Å². The molecule has 0 saturated heterocycles. The second-order valence-corrected chi connectivity index (χ2v) is 4.89. The van der Waals surface area contributed by atoms with Gasteiger partial charge in [0.05, 0.1) is 0 Å². The summed E-state index contributed by atoms with van der Waals surface area (Å²) >= 11 is 6.10. The number of hydrogen-bond donors (Lipinski definition) is 2. The summed E-state index contributed by atoms with van der Waals surface area (Å²) in [7, 11) is 3.70. The van der Waals surface area contributed by atoms with Crippen LogP contribution in [0.4, 0.5) is 17.8 Å². The van der Waals surface area contributed by atoms with Crippen LogP contribution < -0.4 is 16.0 Å². The van der Waals surface area contributed by atoms with Crippen LogP contribution in [0.2, 0.25) is 5.02 Å². The number of anilines is 3. The molecule has 3 N–H and O–H groups in total. The molecule has 20 heavy (non-hydrogen) atoms. The number of hydrogen-bond acceptors (Lipinski definition) is 6. The van der Waals surface area contributed by atoms with Crippen LogP contribution in [0.25, 0.3) is 0 Å². The second kappa shape index (κ2) is 6.38. The molecule has 0 aliphatic rings. The predicted molar refractivity (Wildman–Crippen MR) is 82.2 cm³/mol. The molecule has 0 bridgehead atoms. The lowest BCUT2D eigenvalue weighted by atomic mass is 10.1. The summed E-state index contributed by atoms with van der Waals surface area (Å²) in [5.41, 5.74) is 6.73. The average Bonchev–Trinajstić information content (AvgIpc) is 2.40. The monoisotopic (exact) mass is 292 g/mol. The number of nitrogens with two attached hydrogens (primary N) is 1. The van der Waals surface area contributed by atoms with E-state index in [2.05, 4.69) is 20.3 Å². The van der Waals surface area contributed by atoms with Gasteiger partial charge >= 0.3 is 0 Å². The molecule has 1 aromatic carbocycles. The van der Waals surface area contributed by atoms with Gasteiger partial charge in [-0.05, 0) is 18.1 Å². The number of halogens is 1. The normalized spacial score (nSPS) is 10.3. The van der Waals surface area contributed by atoms with Crippen molar-refractivity contribution in [2.45, 2.75) is 6.42 Å². The lowest BCUT2D eigenvalue weighted by Crippen LogP contribution is -2.17. The van der Waals surface area contributed by atoms with Crippen LogP contribution >= 0.6 is 11.6 Å². The maximum atomic E-state index is 6.10. The van der Waals surface area contributed by atoms with Gasteiger partial charge in [0.2, 0.25) is 17.8 Å². The molecule has 0 fully saturated rings. The zero-order valence-electron chi connectivity index (χ0n) is 11.5. The highest BCUT2D eigenvalue weighted by Crippen LogP contribution is 2.15. The Morgan fingerprint density at radius 1 is 1.20 bits per heavy atom. The quantitative estimate of drug-likeness (QED) is 0.875. The van der Waals surface area contributed by atoms with Crippen molar-refractivity contribution in [1.82, 2.24) is 15.0 Å². The van der Waals surface area contributed by atoms with Gasteiger partial charge in [-0.15, -0.1) is 0 Å². The summed E-state index contributed by atoms with van der Waals surface area (Å²) in [4.78, 5) is 14.1. The Hall–Kier alpha value is -2.08. The van der Waals surface area contributed by atoms with Crippen LogP contribution in [-0.4, -0.2) is 35.6 Å². The lowest BCUT2D eigenvalue weighted by molar-refractivity contribution is 0.935. The van der Waals surface area contributed by atoms with Crippen LogP contribution in [0, 0.1) is 0 Å². The van der Waals surface area contributed by atoms with E-state index >= 15 is 0 Å². The number of nitrogens with zero attached hydrogens (tertiary/aromatic N) is 4. The first-order chi connectivity index (χ1) is 9.56. The molecule has 0 amide bonds. The zero-order chi connectivity index (χ0) is 14.5. The summed E-state index contributed by atoms with van der Waals surface area (Å²) in [5.74, 6) is 1.19. The largest absolute Gasteiger partial charge is 0.368 e. The standard InChI is InChI=1S/C13H17ClN6/c1-20(2)13-18-11(15)17-12(19-13)16-8-7-9-5-3-4-6-10(9)14/h3-6H,7-8H2,1-2H3,(H3,15,16,17,18,19). The van der Waals surface area contributed by atoms with Crippen molar-refractivity contribution < 1.29 is 0 Å². The van der Waals surface area contributed by atoms with Gasteiger partial charge in [-0.3, -0.25) is 0 Å². The van der Waals surface area contributed by atoms with E-state index in [1.54, 1.807) is 4.90 Å². The molecular weight excluding hydrogens is 276 g/mol. The van der Waals surface area contributed by atoms with E-state index in [4.69, 9.17) is 17.3 Å². The van der Waals surface area contributed by atoms with Gasteiger partial charge in [0, 0.05) is 25.7 Å². The summed E-state index contributed by atoms with van der Waals surface area (Å²) in [6.07, 6.45) is 0.780. The van der Waals surface area contributed by atoms with Gasteiger partial charge in [0.1, 0.15) is 0 Å². The fourth-order valence-corrected chi connectivity index (χ4v) is 1.90. The number of rotatable bonds is 5. The molecule has 0 aliphatic carbocycles. The third kappa shape index (κ3) is 3.71. The molecule has 1 heterocycles. The van der Waals surface area contributed by atoms with Crippen molar-refractivity contribution in [3.8, 4) is 0 Å². The molecule has 0 aliphatic heterocycles. The highest BCUT2D eigenvalue weighted by Gasteiger charge is 2.06. The zero-order valence-corrected chi connectivity index (χ0v) is 12.2. The first kappa shape index (κ1) is 14.3. The Bertz CT molecular complexity index is 587. The Labute approximate surface area is 123 Å². The lowest BCUT2D eigenvalue weighted by Gasteiger charge is -2.12. The molecule has 106 valence electrons. The van der Waals surface area contributed by atoms with Crippen LogP contribution in [-0.2, 0) is 6.42 Å². The Kier molecular flexibility index (Phi) is 4.57. The summed E-state index contributed by atoms with van der Waals surface area (Å²) in [6, 6.07) is 7.75. The van der Waals surface area contributed by atoms with Crippen LogP contribution in [0.5, 0.6) is 0 Å². The van der Waals surface area contributed by atoms with E-state index in [1.165, 1.54) is 0 Å². The van der Waals surface area contributed by atoms with E-state index in [-0.39, 0.29) is 5.95 Å². The van der Waals surface area contributed by atoms with E-state index in [0.29, 0.717) is 18.4 Å². The number of aromatic nitrogens is 3. The maximum absolute atomic E-state index is 6.10. The van der Waals surface area contributed by atoms with Crippen molar-refractivity contribution in [1.29, 1.82) is 0 Å². The van der Waals surface area contributed by atoms with E-state index in [0.717, 1.165) is 17.0 Å². The molecule has 0 saturated carbocycles. The van der Waals surface area contributed by atoms with Gasteiger partial charge in [0.15, 0.2) is 0 Å². The fourth-order valence-electron chi connectivity index (χ4n) is 1.67. The van der Waals surface area contributed by atoms with Gasteiger partial charge in [-0.25, -0.2) is 0 Å². The molecule has 0 unspecified atom stereocenters. The van der Waals surface area contributed by atoms with Crippen molar-refractivity contribution in [3.63, 3.8) is 0 Å². The summed E-state index contributed by atoms with van der Waals surface area (Å²) in [6.45, 7) is 0.667. The molecule has 7 heteroatoms. The van der Waals surface area contributed by atoms with Crippen molar-refractivity contribution >= 4 is 29.4 Å². The minimum absolute atomic E-state index is 0.198. The number of benzene rings is 1. The van der Waals surface area contributed by atoms with Crippen LogP contribution in [0.15, 0.2) is 24.3 Å². The molecular formula is C13H17ClN6.